The van der Waals surface area contributed by atoms with E-state index in [0.717, 1.165) is 18.3 Å². The molecule has 9 heteroatoms. The van der Waals surface area contributed by atoms with E-state index in [1.54, 1.807) is 11.8 Å². The number of carbonyl (C=O) groups is 2. The predicted molar refractivity (Wildman–Crippen MR) is 78.3 cm³/mol. The molecule has 0 unspecified atom stereocenters. The molecular weight excluding hydrogens is 327 g/mol. The van der Waals surface area contributed by atoms with Crippen LogP contribution in [0.25, 0.3) is 0 Å². The van der Waals surface area contributed by atoms with Crippen LogP contribution in [0.3, 0.4) is 0 Å². The van der Waals surface area contributed by atoms with Gasteiger partial charge in [-0.15, -0.1) is 0 Å². The fourth-order valence-corrected chi connectivity index (χ4v) is 2.39. The van der Waals surface area contributed by atoms with Gasteiger partial charge in [0.05, 0.1) is 12.2 Å². The fourth-order valence-electron chi connectivity index (χ4n) is 2.39. The Kier molecular flexibility index (Phi) is 5.63. The van der Waals surface area contributed by atoms with Crippen LogP contribution < -0.4 is 5.32 Å². The summed E-state index contributed by atoms with van der Waals surface area (Å²) in [6.07, 6.45) is -2.90. The third kappa shape index (κ3) is 4.59. The standard InChI is InChI=1S/C15H18F3N3O3/c1-2-24-14(23)21-7-5-11(6-8-21)20-13(22)10-3-4-12(19-9-10)15(16,17)18/h3-4,9,11H,2,5-8H2,1H3,(H,20,22). The maximum Gasteiger partial charge on any atom is 0.433 e. The molecule has 1 aliphatic rings. The second kappa shape index (κ2) is 7.50. The number of nitrogens with one attached hydrogen (secondary N) is 1. The Balaban J connectivity index is 1.86. The molecule has 1 saturated heterocycles. The molecule has 2 amide bonds. The maximum absolute atomic E-state index is 12.4. The second-order valence-electron chi connectivity index (χ2n) is 5.36. The minimum Gasteiger partial charge on any atom is -0.450 e. The van der Waals surface area contributed by atoms with Crippen LogP contribution >= 0.6 is 0 Å². The highest BCUT2D eigenvalue weighted by Gasteiger charge is 2.32. The number of nitrogens with zero attached hydrogens (tertiary/aromatic N) is 2. The Labute approximate surface area is 137 Å². The highest BCUT2D eigenvalue weighted by molar-refractivity contribution is 5.94. The van der Waals surface area contributed by atoms with Crippen LogP contribution in [0.5, 0.6) is 0 Å². The van der Waals surface area contributed by atoms with Gasteiger partial charge in [0, 0.05) is 25.3 Å². The Morgan fingerprint density at radius 1 is 1.33 bits per heavy atom. The smallest absolute Gasteiger partial charge is 0.433 e. The third-order valence-electron chi connectivity index (χ3n) is 3.67. The van der Waals surface area contributed by atoms with Gasteiger partial charge in [0.1, 0.15) is 5.69 Å². The number of hydrogen-bond acceptors (Lipinski definition) is 4. The highest BCUT2D eigenvalue weighted by atomic mass is 19.4. The summed E-state index contributed by atoms with van der Waals surface area (Å²) >= 11 is 0. The van der Waals surface area contributed by atoms with Gasteiger partial charge in [-0.1, -0.05) is 0 Å². The Hall–Kier alpha value is -2.32. The van der Waals surface area contributed by atoms with Crippen LogP contribution in [0.4, 0.5) is 18.0 Å². The molecule has 0 atom stereocenters. The first-order chi connectivity index (χ1) is 11.3. The fraction of sp³-hybridized carbons (Fsp3) is 0.533. The Bertz CT molecular complexity index is 582. The topological polar surface area (TPSA) is 71.5 Å². The highest BCUT2D eigenvalue weighted by Crippen LogP contribution is 2.27. The van der Waals surface area contributed by atoms with Gasteiger partial charge in [-0.05, 0) is 31.9 Å². The number of aromatic nitrogens is 1. The molecule has 0 radical (unpaired) electrons. The van der Waals surface area contributed by atoms with Gasteiger partial charge < -0.3 is 15.0 Å². The first kappa shape index (κ1) is 18.0. The average Bonchev–Trinajstić information content (AvgIpc) is 2.55. The Morgan fingerprint density at radius 3 is 2.50 bits per heavy atom. The molecule has 0 spiro atoms. The van der Waals surface area contributed by atoms with Gasteiger partial charge in [0.2, 0.25) is 0 Å². The summed E-state index contributed by atoms with van der Waals surface area (Å²) in [5.41, 5.74) is -0.974. The molecule has 1 N–H and O–H groups in total. The Morgan fingerprint density at radius 2 is 2.00 bits per heavy atom. The van der Waals surface area contributed by atoms with E-state index in [4.69, 9.17) is 4.74 Å². The molecule has 0 aliphatic carbocycles. The van der Waals surface area contributed by atoms with Crippen molar-refractivity contribution in [2.24, 2.45) is 0 Å². The summed E-state index contributed by atoms with van der Waals surface area (Å²) in [7, 11) is 0. The van der Waals surface area contributed by atoms with Crippen LogP contribution in [0.15, 0.2) is 18.3 Å². The van der Waals surface area contributed by atoms with E-state index >= 15 is 0 Å². The van der Waals surface area contributed by atoms with Crippen molar-refractivity contribution in [1.29, 1.82) is 0 Å². The molecule has 2 rings (SSSR count). The first-order valence-electron chi connectivity index (χ1n) is 7.57. The van der Waals surface area contributed by atoms with Crippen LogP contribution in [-0.4, -0.2) is 47.6 Å². The molecule has 1 aliphatic heterocycles. The zero-order valence-corrected chi connectivity index (χ0v) is 13.1. The molecule has 1 fully saturated rings. The summed E-state index contributed by atoms with van der Waals surface area (Å²) in [4.78, 5) is 28.5. The zero-order chi connectivity index (χ0) is 17.7. The summed E-state index contributed by atoms with van der Waals surface area (Å²) in [6.45, 7) is 2.93. The zero-order valence-electron chi connectivity index (χ0n) is 13.1. The molecule has 132 valence electrons. The molecular formula is C15H18F3N3O3. The number of piperidine rings is 1. The molecule has 24 heavy (non-hydrogen) atoms. The van der Waals surface area contributed by atoms with Gasteiger partial charge >= 0.3 is 12.3 Å². The van der Waals surface area contributed by atoms with E-state index < -0.39 is 17.8 Å². The van der Waals surface area contributed by atoms with Gasteiger partial charge in [-0.3, -0.25) is 9.78 Å². The van der Waals surface area contributed by atoms with E-state index in [0.29, 0.717) is 32.5 Å². The number of ether oxygens (including phenoxy) is 1. The molecule has 2 heterocycles. The minimum absolute atomic E-state index is 0.0656. The van der Waals surface area contributed by atoms with Crippen molar-refractivity contribution >= 4 is 12.0 Å². The lowest BCUT2D eigenvalue weighted by Gasteiger charge is -2.31. The van der Waals surface area contributed by atoms with Gasteiger partial charge in [0.25, 0.3) is 5.91 Å². The summed E-state index contributed by atoms with van der Waals surface area (Å²) in [5, 5.41) is 2.75. The van der Waals surface area contributed by atoms with Crippen molar-refractivity contribution in [2.45, 2.75) is 32.0 Å². The predicted octanol–water partition coefficient (Wildman–Crippen LogP) is 2.45. The maximum atomic E-state index is 12.4. The SMILES string of the molecule is CCOC(=O)N1CCC(NC(=O)c2ccc(C(F)(F)F)nc2)CC1. The minimum atomic E-state index is -4.53. The summed E-state index contributed by atoms with van der Waals surface area (Å²) < 4.78 is 42.2. The number of amides is 2. The number of hydrogen-bond donors (Lipinski definition) is 1. The number of halogens is 3. The van der Waals surface area contributed by atoms with Crippen molar-refractivity contribution in [2.75, 3.05) is 19.7 Å². The molecule has 0 bridgehead atoms. The summed E-state index contributed by atoms with van der Waals surface area (Å²) in [5.74, 6) is -0.481. The monoisotopic (exact) mass is 345 g/mol. The van der Waals surface area contributed by atoms with Crippen molar-refractivity contribution in [3.8, 4) is 0 Å². The molecule has 1 aromatic rings. The van der Waals surface area contributed by atoms with E-state index in [1.165, 1.54) is 0 Å². The molecule has 0 saturated carbocycles. The number of alkyl halides is 3. The number of carbonyl (C=O) groups excluding carboxylic acids is 2. The molecule has 6 nitrogen and oxygen atoms in total. The van der Waals surface area contributed by atoms with Crippen molar-refractivity contribution < 1.29 is 27.5 Å². The largest absolute Gasteiger partial charge is 0.450 e. The lowest BCUT2D eigenvalue weighted by molar-refractivity contribution is -0.141. The van der Waals surface area contributed by atoms with E-state index in [-0.39, 0.29) is 17.7 Å². The van der Waals surface area contributed by atoms with Crippen molar-refractivity contribution in [3.05, 3.63) is 29.6 Å². The summed E-state index contributed by atoms with van der Waals surface area (Å²) in [6, 6.07) is 1.72. The van der Waals surface area contributed by atoms with Crippen molar-refractivity contribution in [3.63, 3.8) is 0 Å². The first-order valence-corrected chi connectivity index (χ1v) is 7.57. The number of rotatable bonds is 3. The quantitative estimate of drug-likeness (QED) is 0.913. The van der Waals surface area contributed by atoms with E-state index in [2.05, 4.69) is 10.3 Å². The van der Waals surface area contributed by atoms with E-state index in [9.17, 15) is 22.8 Å². The van der Waals surface area contributed by atoms with Crippen molar-refractivity contribution in [1.82, 2.24) is 15.2 Å². The van der Waals surface area contributed by atoms with Crippen LogP contribution in [0, 0.1) is 0 Å². The van der Waals surface area contributed by atoms with E-state index in [1.807, 2.05) is 0 Å². The van der Waals surface area contributed by atoms with Gasteiger partial charge in [-0.25, -0.2) is 4.79 Å². The van der Waals surface area contributed by atoms with Crippen LogP contribution in [0.2, 0.25) is 0 Å². The number of pyridine rings is 1. The molecule has 1 aromatic heterocycles. The third-order valence-corrected chi connectivity index (χ3v) is 3.67. The average molecular weight is 345 g/mol. The second-order valence-corrected chi connectivity index (χ2v) is 5.36. The lowest BCUT2D eigenvalue weighted by Crippen LogP contribution is -2.46. The number of likely N-dealkylation sites (tertiary alicyclic amines) is 1. The van der Waals surface area contributed by atoms with Gasteiger partial charge in [0.15, 0.2) is 0 Å². The lowest BCUT2D eigenvalue weighted by atomic mass is 10.0. The van der Waals surface area contributed by atoms with Crippen LogP contribution in [-0.2, 0) is 10.9 Å². The van der Waals surface area contributed by atoms with Gasteiger partial charge in [-0.2, -0.15) is 13.2 Å². The van der Waals surface area contributed by atoms with Crippen LogP contribution in [0.1, 0.15) is 35.8 Å². The normalized spacial score (nSPS) is 15.9. The molecule has 0 aromatic carbocycles.